The number of aromatic amines is 1. The number of alkyl halides is 3. The van der Waals surface area contributed by atoms with Gasteiger partial charge in [0.1, 0.15) is 11.6 Å². The first-order chi connectivity index (χ1) is 10.2. The first kappa shape index (κ1) is 16.6. The summed E-state index contributed by atoms with van der Waals surface area (Å²) in [4.78, 5) is 17.5. The lowest BCUT2D eigenvalue weighted by molar-refractivity contribution is -0.142. The maximum Gasteiger partial charge on any atom is 0.437 e. The van der Waals surface area contributed by atoms with Crippen molar-refractivity contribution >= 4 is 23.2 Å². The molecule has 0 atom stereocenters. The SMILES string of the molecule is CCc1nc(C(F)(F)F)c(Oc2ccc(Cl)c(Cl)c2)c(=O)[nH]1. The number of ether oxygens (including phenoxy) is 1. The van der Waals surface area contributed by atoms with E-state index in [9.17, 15) is 18.0 Å². The van der Waals surface area contributed by atoms with Crippen LogP contribution in [0.15, 0.2) is 23.0 Å². The van der Waals surface area contributed by atoms with E-state index in [1.54, 1.807) is 6.92 Å². The molecule has 0 bridgehead atoms. The summed E-state index contributed by atoms with van der Waals surface area (Å²) in [6, 6.07) is 3.84. The van der Waals surface area contributed by atoms with Crippen molar-refractivity contribution in [3.8, 4) is 11.5 Å². The van der Waals surface area contributed by atoms with Crippen molar-refractivity contribution in [1.82, 2.24) is 9.97 Å². The number of rotatable bonds is 3. The topological polar surface area (TPSA) is 55.0 Å². The molecule has 1 heterocycles. The average Bonchev–Trinajstić information content (AvgIpc) is 2.43. The van der Waals surface area contributed by atoms with Crippen LogP contribution in [0.2, 0.25) is 10.0 Å². The highest BCUT2D eigenvalue weighted by Gasteiger charge is 2.38. The van der Waals surface area contributed by atoms with Gasteiger partial charge in [0.2, 0.25) is 5.75 Å². The monoisotopic (exact) mass is 352 g/mol. The van der Waals surface area contributed by atoms with Gasteiger partial charge in [0.15, 0.2) is 5.69 Å². The summed E-state index contributed by atoms with van der Waals surface area (Å²) >= 11 is 11.5. The molecule has 0 aliphatic carbocycles. The standard InChI is InChI=1S/C13H9Cl2F3N2O2/c1-2-9-19-11(13(16,17)18)10(12(21)20-9)22-6-3-4-7(14)8(15)5-6/h3-5H,2H2,1H3,(H,19,20,21). The number of aryl methyl sites for hydroxylation is 1. The van der Waals surface area contributed by atoms with Gasteiger partial charge >= 0.3 is 6.18 Å². The molecule has 1 aromatic carbocycles. The molecule has 22 heavy (non-hydrogen) atoms. The second-order valence-electron chi connectivity index (χ2n) is 4.22. The third kappa shape index (κ3) is 3.53. The molecule has 0 saturated heterocycles. The molecule has 9 heteroatoms. The maximum atomic E-state index is 13.0. The summed E-state index contributed by atoms with van der Waals surface area (Å²) in [5.41, 5.74) is -2.41. The molecule has 0 aliphatic rings. The van der Waals surface area contributed by atoms with Crippen molar-refractivity contribution < 1.29 is 17.9 Å². The van der Waals surface area contributed by atoms with Crippen molar-refractivity contribution in [2.24, 2.45) is 0 Å². The van der Waals surface area contributed by atoms with E-state index in [0.29, 0.717) is 0 Å². The van der Waals surface area contributed by atoms with Gasteiger partial charge < -0.3 is 9.72 Å². The highest BCUT2D eigenvalue weighted by atomic mass is 35.5. The number of hydrogen-bond acceptors (Lipinski definition) is 3. The van der Waals surface area contributed by atoms with E-state index >= 15 is 0 Å². The Morgan fingerprint density at radius 2 is 1.95 bits per heavy atom. The van der Waals surface area contributed by atoms with Gasteiger partial charge in [-0.15, -0.1) is 0 Å². The van der Waals surface area contributed by atoms with Crippen molar-refractivity contribution in [3.05, 3.63) is 50.1 Å². The molecular weight excluding hydrogens is 344 g/mol. The summed E-state index contributed by atoms with van der Waals surface area (Å²) in [5.74, 6) is -1.08. The Balaban J connectivity index is 2.54. The highest BCUT2D eigenvalue weighted by Crippen LogP contribution is 2.35. The summed E-state index contributed by atoms with van der Waals surface area (Å²) in [7, 11) is 0. The first-order valence-electron chi connectivity index (χ1n) is 6.05. The molecule has 0 amide bonds. The van der Waals surface area contributed by atoms with Gasteiger partial charge in [-0.05, 0) is 12.1 Å². The molecule has 2 rings (SSSR count). The van der Waals surface area contributed by atoms with Crippen LogP contribution in [-0.4, -0.2) is 9.97 Å². The van der Waals surface area contributed by atoms with Crippen LogP contribution in [0.5, 0.6) is 11.5 Å². The second kappa shape index (κ2) is 6.18. The first-order valence-corrected chi connectivity index (χ1v) is 6.81. The van der Waals surface area contributed by atoms with Gasteiger partial charge in [-0.3, -0.25) is 4.79 Å². The van der Waals surface area contributed by atoms with Gasteiger partial charge in [0.25, 0.3) is 5.56 Å². The van der Waals surface area contributed by atoms with Gasteiger partial charge in [0.05, 0.1) is 10.0 Å². The van der Waals surface area contributed by atoms with Gasteiger partial charge in [-0.2, -0.15) is 13.2 Å². The zero-order valence-electron chi connectivity index (χ0n) is 11.1. The van der Waals surface area contributed by atoms with Crippen LogP contribution in [-0.2, 0) is 12.6 Å². The number of hydrogen-bond donors (Lipinski definition) is 1. The van der Waals surface area contributed by atoms with Crippen molar-refractivity contribution in [3.63, 3.8) is 0 Å². The number of aromatic nitrogens is 2. The molecule has 0 saturated carbocycles. The normalized spacial score (nSPS) is 11.5. The fraction of sp³-hybridized carbons (Fsp3) is 0.231. The summed E-state index contributed by atoms with van der Waals surface area (Å²) < 4.78 is 44.2. The maximum absolute atomic E-state index is 13.0. The van der Waals surface area contributed by atoms with E-state index in [2.05, 4.69) is 9.97 Å². The molecule has 118 valence electrons. The molecule has 0 unspecified atom stereocenters. The Kier molecular flexibility index (Phi) is 4.67. The smallest absolute Gasteiger partial charge is 0.437 e. The van der Waals surface area contributed by atoms with Crippen LogP contribution >= 0.6 is 23.2 Å². The van der Waals surface area contributed by atoms with Gasteiger partial charge in [0, 0.05) is 12.5 Å². The fourth-order valence-corrected chi connectivity index (χ4v) is 1.91. The number of nitrogens with one attached hydrogen (secondary N) is 1. The number of benzene rings is 1. The number of nitrogens with zero attached hydrogens (tertiary/aromatic N) is 1. The Hall–Kier alpha value is -1.73. The predicted molar refractivity (Wildman–Crippen MR) is 75.8 cm³/mol. The molecule has 2 aromatic rings. The van der Waals surface area contributed by atoms with E-state index in [4.69, 9.17) is 27.9 Å². The lowest BCUT2D eigenvalue weighted by Crippen LogP contribution is -2.21. The quantitative estimate of drug-likeness (QED) is 0.887. The third-order valence-corrected chi connectivity index (χ3v) is 3.38. The predicted octanol–water partition coefficient (Wildman–Crippen LogP) is 4.45. The highest BCUT2D eigenvalue weighted by molar-refractivity contribution is 6.42. The van der Waals surface area contributed by atoms with E-state index < -0.39 is 23.2 Å². The fourth-order valence-electron chi connectivity index (χ4n) is 1.62. The van der Waals surface area contributed by atoms with Crippen LogP contribution < -0.4 is 10.3 Å². The lowest BCUT2D eigenvalue weighted by Gasteiger charge is -2.13. The summed E-state index contributed by atoms with van der Waals surface area (Å²) in [6.45, 7) is 1.57. The van der Waals surface area contributed by atoms with Crippen molar-refractivity contribution in [2.45, 2.75) is 19.5 Å². The molecule has 1 aromatic heterocycles. The molecule has 0 spiro atoms. The molecule has 0 aliphatic heterocycles. The Bertz CT molecular complexity index is 760. The van der Waals surface area contributed by atoms with Crippen molar-refractivity contribution in [2.75, 3.05) is 0 Å². The van der Waals surface area contributed by atoms with Crippen molar-refractivity contribution in [1.29, 1.82) is 0 Å². The van der Waals surface area contributed by atoms with E-state index in [-0.39, 0.29) is 28.0 Å². The van der Waals surface area contributed by atoms with Gasteiger partial charge in [-0.25, -0.2) is 4.98 Å². The number of H-pyrrole nitrogens is 1. The Labute approximate surface area is 132 Å². The molecule has 1 N–H and O–H groups in total. The van der Waals surface area contributed by atoms with E-state index in [1.165, 1.54) is 18.2 Å². The molecule has 0 fully saturated rings. The van der Waals surface area contributed by atoms with Gasteiger partial charge in [-0.1, -0.05) is 30.1 Å². The number of halogens is 5. The van der Waals surface area contributed by atoms with E-state index in [0.717, 1.165) is 0 Å². The molecule has 4 nitrogen and oxygen atoms in total. The van der Waals surface area contributed by atoms with Crippen LogP contribution in [0.3, 0.4) is 0 Å². The van der Waals surface area contributed by atoms with Crippen LogP contribution in [0.4, 0.5) is 13.2 Å². The zero-order chi connectivity index (χ0) is 16.5. The zero-order valence-corrected chi connectivity index (χ0v) is 12.6. The van der Waals surface area contributed by atoms with Crippen LogP contribution in [0.1, 0.15) is 18.4 Å². The summed E-state index contributed by atoms with van der Waals surface area (Å²) in [6.07, 6.45) is -4.69. The lowest BCUT2D eigenvalue weighted by atomic mass is 10.3. The summed E-state index contributed by atoms with van der Waals surface area (Å²) in [5, 5.41) is 0.292. The third-order valence-electron chi connectivity index (χ3n) is 2.64. The average molecular weight is 353 g/mol. The Morgan fingerprint density at radius 3 is 2.50 bits per heavy atom. The largest absolute Gasteiger partial charge is 0.449 e. The minimum atomic E-state index is -4.83. The minimum Gasteiger partial charge on any atom is -0.449 e. The van der Waals surface area contributed by atoms with E-state index in [1.807, 2.05) is 0 Å². The van der Waals surface area contributed by atoms with Crippen LogP contribution in [0.25, 0.3) is 0 Å². The minimum absolute atomic E-state index is 0.0588. The molecular formula is C13H9Cl2F3N2O2. The molecule has 0 radical (unpaired) electrons. The second-order valence-corrected chi connectivity index (χ2v) is 5.03. The Morgan fingerprint density at radius 1 is 1.27 bits per heavy atom. The van der Waals surface area contributed by atoms with Crippen LogP contribution in [0, 0.1) is 0 Å².